The first-order chi connectivity index (χ1) is 7.17. The van der Waals surface area contributed by atoms with Crippen LogP contribution in [-0.4, -0.2) is 37.6 Å². The van der Waals surface area contributed by atoms with Gasteiger partial charge in [0.25, 0.3) is 0 Å². The van der Waals surface area contributed by atoms with Crippen molar-refractivity contribution in [1.82, 2.24) is 4.90 Å². The monoisotopic (exact) mass is 187 g/mol. The van der Waals surface area contributed by atoms with E-state index in [2.05, 4.69) is 4.90 Å². The summed E-state index contributed by atoms with van der Waals surface area (Å²) >= 11 is 0. The number of ether oxygens (including phenoxy) is 1. The first kappa shape index (κ1) is 7.80. The molecule has 0 spiro atoms. The smallest absolute Gasteiger partial charge is 0.310 e. The lowest BCUT2D eigenvalue weighted by atomic mass is 10.1. The molecule has 0 radical (unpaired) electrons. The molecule has 0 aromatic rings. The highest BCUT2D eigenvalue weighted by atomic mass is 16.5. The first-order valence-corrected chi connectivity index (χ1v) is 4.61. The summed E-state index contributed by atoms with van der Waals surface area (Å²) in [6.45, 7) is 2.25. The molecule has 13 heavy (non-hydrogen) atoms. The van der Waals surface area contributed by atoms with Gasteiger partial charge in [0.15, 0.2) is 0 Å². The zero-order valence-electron chi connectivity index (χ0n) is 10.2. The summed E-state index contributed by atoms with van der Waals surface area (Å²) in [5.41, 5.74) is 0. The second-order valence-electron chi connectivity index (χ2n) is 3.74. The third kappa shape index (κ3) is 3.35. The van der Waals surface area contributed by atoms with E-state index < -0.39 is 0 Å². The summed E-state index contributed by atoms with van der Waals surface area (Å²) < 4.78 is 19.4. The molecule has 76 valence electrons. The number of likely N-dealkylation sites (tertiary alicyclic amines) is 1. The van der Waals surface area contributed by atoms with Crippen LogP contribution in [0.4, 0.5) is 0 Å². The van der Waals surface area contributed by atoms with Gasteiger partial charge in [-0.3, -0.25) is 4.79 Å². The minimum Gasteiger partial charge on any atom is -0.465 e. The van der Waals surface area contributed by atoms with Gasteiger partial charge in [-0.1, -0.05) is 13.8 Å². The molecule has 1 saturated heterocycles. The molecular formula is C10H19NO2. The van der Waals surface area contributed by atoms with Gasteiger partial charge in [-0.25, -0.2) is 0 Å². The van der Waals surface area contributed by atoms with E-state index >= 15 is 0 Å². The summed E-state index contributed by atoms with van der Waals surface area (Å²) in [7, 11) is 1.99. The molecule has 1 unspecified atom stereocenters. The van der Waals surface area contributed by atoms with E-state index in [9.17, 15) is 4.79 Å². The molecule has 0 bridgehead atoms. The Bertz CT molecular complexity index is 210. The third-order valence-electron chi connectivity index (χ3n) is 2.19. The lowest BCUT2D eigenvalue weighted by Gasteiger charge is -2.11. The Morgan fingerprint density at radius 2 is 2.54 bits per heavy atom. The standard InChI is InChI=1S/C10H19NO2/c1-8(2)7-13-10(12)9-4-5-11(3)6-9/h8-9H,4-7H2,1-3H3/i1D,2D. The van der Waals surface area contributed by atoms with Crippen molar-refractivity contribution in [3.63, 3.8) is 0 Å². The second kappa shape index (κ2) is 4.61. The van der Waals surface area contributed by atoms with Crippen LogP contribution in [0.1, 0.15) is 23.0 Å². The molecule has 0 amide bonds. The fourth-order valence-electron chi connectivity index (χ4n) is 1.45. The van der Waals surface area contributed by atoms with Crippen molar-refractivity contribution in [1.29, 1.82) is 0 Å². The van der Waals surface area contributed by atoms with Crippen LogP contribution >= 0.6 is 0 Å². The van der Waals surface area contributed by atoms with E-state index in [1.807, 2.05) is 7.05 Å². The average Bonchev–Trinajstić information content (AvgIpc) is 2.66. The summed E-state index contributed by atoms with van der Waals surface area (Å²) in [4.78, 5) is 13.7. The number of esters is 1. The predicted molar refractivity (Wildman–Crippen MR) is 51.4 cm³/mol. The molecule has 1 aliphatic heterocycles. The predicted octanol–water partition coefficient (Wildman–Crippen LogP) is 1.14. The number of hydrogen-bond acceptors (Lipinski definition) is 3. The van der Waals surface area contributed by atoms with E-state index in [0.717, 1.165) is 19.5 Å². The van der Waals surface area contributed by atoms with Gasteiger partial charge in [-0.05, 0) is 25.9 Å². The van der Waals surface area contributed by atoms with Crippen molar-refractivity contribution in [2.75, 3.05) is 26.7 Å². The van der Waals surface area contributed by atoms with Gasteiger partial charge in [-0.2, -0.15) is 0 Å². The Morgan fingerprint density at radius 1 is 1.77 bits per heavy atom. The lowest BCUT2D eigenvalue weighted by molar-refractivity contribution is -0.149. The van der Waals surface area contributed by atoms with Crippen LogP contribution in [0.3, 0.4) is 0 Å². The second-order valence-corrected chi connectivity index (χ2v) is 3.74. The van der Waals surface area contributed by atoms with Crippen molar-refractivity contribution in [2.45, 2.75) is 20.2 Å². The molecule has 0 N–H and O–H groups in total. The molecule has 3 heteroatoms. The normalized spacial score (nSPS) is 25.8. The minimum atomic E-state index is -0.161. The van der Waals surface area contributed by atoms with Gasteiger partial charge in [-0.15, -0.1) is 0 Å². The van der Waals surface area contributed by atoms with Crippen molar-refractivity contribution < 1.29 is 12.3 Å². The van der Waals surface area contributed by atoms with E-state index in [1.165, 1.54) is 0 Å². The number of carbonyl (C=O) groups excluding carboxylic acids is 1. The number of nitrogens with zero attached hydrogens (tertiary/aromatic N) is 1. The molecule has 1 aliphatic rings. The van der Waals surface area contributed by atoms with Crippen LogP contribution in [-0.2, 0) is 9.53 Å². The fourth-order valence-corrected chi connectivity index (χ4v) is 1.45. The van der Waals surface area contributed by atoms with E-state index in [1.54, 1.807) is 0 Å². The lowest BCUT2D eigenvalue weighted by Crippen LogP contribution is -2.22. The minimum absolute atomic E-state index is 0.00730. The largest absolute Gasteiger partial charge is 0.465 e. The van der Waals surface area contributed by atoms with Gasteiger partial charge in [0.1, 0.15) is 0 Å². The summed E-state index contributed by atoms with van der Waals surface area (Å²) in [6.07, 6.45) is 0.863. The molecule has 1 rings (SSSR count). The van der Waals surface area contributed by atoms with E-state index in [0.29, 0.717) is 0 Å². The Balaban J connectivity index is 2.23. The Kier molecular flexibility index (Phi) is 2.76. The molecule has 0 saturated carbocycles. The van der Waals surface area contributed by atoms with Gasteiger partial charge in [0.05, 0.1) is 12.5 Å². The third-order valence-corrected chi connectivity index (χ3v) is 2.19. The average molecular weight is 187 g/mol. The van der Waals surface area contributed by atoms with Crippen LogP contribution in [0, 0.1) is 11.8 Å². The van der Waals surface area contributed by atoms with Crippen molar-refractivity contribution in [3.8, 4) is 0 Å². The highest BCUT2D eigenvalue weighted by Gasteiger charge is 2.27. The molecule has 1 atom stereocenters. The highest BCUT2D eigenvalue weighted by molar-refractivity contribution is 5.73. The summed E-state index contributed by atoms with van der Waals surface area (Å²) in [5, 5.41) is 0. The zero-order chi connectivity index (χ0) is 11.3. The molecule has 3 nitrogen and oxygen atoms in total. The van der Waals surface area contributed by atoms with Crippen LogP contribution in [0.25, 0.3) is 0 Å². The van der Waals surface area contributed by atoms with Gasteiger partial charge in [0, 0.05) is 9.29 Å². The fraction of sp³-hybridized carbons (Fsp3) is 0.900. The highest BCUT2D eigenvalue weighted by Crippen LogP contribution is 2.15. The van der Waals surface area contributed by atoms with Crippen LogP contribution in [0.5, 0.6) is 0 Å². The Morgan fingerprint density at radius 3 is 3.08 bits per heavy atom. The quantitative estimate of drug-likeness (QED) is 0.620. The molecule has 1 heterocycles. The molecule has 0 aromatic heterocycles. The van der Waals surface area contributed by atoms with E-state index in [-0.39, 0.29) is 38.2 Å². The SMILES string of the molecule is [2H]CC(C[2H])COC(=O)C1CCN(C)C1. The number of hydrogen-bond donors (Lipinski definition) is 0. The first-order valence-electron chi connectivity index (χ1n) is 6.02. The van der Waals surface area contributed by atoms with Crippen LogP contribution in [0.15, 0.2) is 0 Å². The van der Waals surface area contributed by atoms with Gasteiger partial charge < -0.3 is 9.64 Å². The zero-order valence-corrected chi connectivity index (χ0v) is 8.16. The number of rotatable bonds is 3. The van der Waals surface area contributed by atoms with Gasteiger partial charge in [0.2, 0.25) is 0 Å². The topological polar surface area (TPSA) is 29.5 Å². The molecule has 0 aromatic carbocycles. The van der Waals surface area contributed by atoms with Crippen molar-refractivity contribution in [2.24, 2.45) is 11.8 Å². The molecular weight excluding hydrogens is 166 g/mol. The van der Waals surface area contributed by atoms with Crippen molar-refractivity contribution in [3.05, 3.63) is 0 Å². The molecule has 0 aliphatic carbocycles. The number of carbonyl (C=O) groups is 1. The Hall–Kier alpha value is -0.570. The maximum absolute atomic E-state index is 11.6. The summed E-state index contributed by atoms with van der Waals surface area (Å²) in [5.74, 6) is -0.300. The summed E-state index contributed by atoms with van der Waals surface area (Å²) in [6, 6.07) is 0. The van der Waals surface area contributed by atoms with Crippen LogP contribution in [0.2, 0.25) is 0 Å². The maximum atomic E-state index is 11.6. The Labute approximate surface area is 82.9 Å². The van der Waals surface area contributed by atoms with E-state index in [4.69, 9.17) is 7.48 Å². The molecule has 1 fully saturated rings. The maximum Gasteiger partial charge on any atom is 0.310 e. The van der Waals surface area contributed by atoms with Crippen molar-refractivity contribution >= 4 is 5.97 Å². The van der Waals surface area contributed by atoms with Crippen LogP contribution < -0.4 is 0 Å². The van der Waals surface area contributed by atoms with Gasteiger partial charge >= 0.3 is 5.97 Å².